The van der Waals surface area contributed by atoms with Crippen LogP contribution in [0.5, 0.6) is 0 Å². The predicted molar refractivity (Wildman–Crippen MR) is 297 cm³/mol. The van der Waals surface area contributed by atoms with Gasteiger partial charge in [-0.15, -0.1) is 0 Å². The van der Waals surface area contributed by atoms with Crippen LogP contribution in [0.2, 0.25) is 0 Å². The molecule has 390 valence electrons. The van der Waals surface area contributed by atoms with Gasteiger partial charge < -0.3 is 14.2 Å². The van der Waals surface area contributed by atoms with E-state index in [4.69, 9.17) is 14.2 Å². The first kappa shape index (κ1) is 64.8. The fourth-order valence-electron chi connectivity index (χ4n) is 7.84. The van der Waals surface area contributed by atoms with E-state index in [1.54, 1.807) is 0 Å². The Bertz CT molecular complexity index is 1300. The Balaban J connectivity index is 4.38. The van der Waals surface area contributed by atoms with E-state index in [9.17, 15) is 9.59 Å². The molecule has 0 aliphatic carbocycles. The van der Waals surface area contributed by atoms with Gasteiger partial charge in [-0.2, -0.15) is 0 Å². The van der Waals surface area contributed by atoms with Crippen molar-refractivity contribution >= 4 is 11.9 Å². The summed E-state index contributed by atoms with van der Waals surface area (Å²) in [5.41, 5.74) is 0. The molecule has 5 heteroatoms. The number of carbonyl (C=O) groups is 2. The minimum Gasteiger partial charge on any atom is -0.462 e. The van der Waals surface area contributed by atoms with E-state index < -0.39 is 6.10 Å². The first-order valence-electron chi connectivity index (χ1n) is 28.8. The van der Waals surface area contributed by atoms with Crippen LogP contribution in [-0.2, 0) is 23.8 Å². The first-order chi connectivity index (χ1) is 33.6. The molecular formula is C63H108O5. The maximum Gasteiger partial charge on any atom is 0.306 e. The average molecular weight is 946 g/mol. The molecule has 0 spiro atoms. The Morgan fingerprint density at radius 3 is 1.10 bits per heavy atom. The van der Waals surface area contributed by atoms with E-state index in [0.717, 1.165) is 83.5 Å². The second kappa shape index (κ2) is 58.1. The van der Waals surface area contributed by atoms with Gasteiger partial charge in [-0.05, 0) is 109 Å². The highest BCUT2D eigenvalue weighted by atomic mass is 16.6. The largest absolute Gasteiger partial charge is 0.462 e. The monoisotopic (exact) mass is 945 g/mol. The average Bonchev–Trinajstić information content (AvgIpc) is 3.34. The van der Waals surface area contributed by atoms with Crippen molar-refractivity contribution in [2.45, 2.75) is 271 Å². The first-order valence-corrected chi connectivity index (χ1v) is 28.8. The summed E-state index contributed by atoms with van der Waals surface area (Å²) in [6.07, 6.45) is 78.7. The molecular weight excluding hydrogens is 837 g/mol. The number of ether oxygens (including phenoxy) is 3. The summed E-state index contributed by atoms with van der Waals surface area (Å²) in [5.74, 6) is -0.445. The number of carbonyl (C=O) groups excluding carboxylic acids is 2. The van der Waals surface area contributed by atoms with E-state index in [0.29, 0.717) is 19.4 Å². The third kappa shape index (κ3) is 55.4. The van der Waals surface area contributed by atoms with Crippen molar-refractivity contribution in [1.82, 2.24) is 0 Å². The third-order valence-electron chi connectivity index (χ3n) is 12.1. The van der Waals surface area contributed by atoms with E-state index in [1.807, 2.05) is 0 Å². The van der Waals surface area contributed by atoms with Crippen molar-refractivity contribution in [1.29, 1.82) is 0 Å². The molecule has 0 saturated heterocycles. The molecule has 0 N–H and O–H groups in total. The van der Waals surface area contributed by atoms with Gasteiger partial charge in [0.25, 0.3) is 0 Å². The molecule has 0 aromatic rings. The predicted octanol–water partition coefficient (Wildman–Crippen LogP) is 19.8. The third-order valence-corrected chi connectivity index (χ3v) is 12.1. The Morgan fingerprint density at radius 2 is 0.662 bits per heavy atom. The lowest BCUT2D eigenvalue weighted by Crippen LogP contribution is -2.30. The van der Waals surface area contributed by atoms with Crippen LogP contribution in [0.4, 0.5) is 0 Å². The molecule has 0 aliphatic rings. The van der Waals surface area contributed by atoms with Gasteiger partial charge in [0.1, 0.15) is 6.61 Å². The molecule has 0 bridgehead atoms. The molecule has 0 saturated carbocycles. The summed E-state index contributed by atoms with van der Waals surface area (Å²) in [6.45, 7) is 7.49. The summed E-state index contributed by atoms with van der Waals surface area (Å²) >= 11 is 0. The molecule has 0 amide bonds. The Hall–Kier alpha value is -3.18. The minimum atomic E-state index is -0.585. The second-order valence-corrected chi connectivity index (χ2v) is 18.8. The zero-order valence-corrected chi connectivity index (χ0v) is 44.8. The number of unbranched alkanes of at least 4 members (excludes halogenated alkanes) is 25. The van der Waals surface area contributed by atoms with Crippen LogP contribution in [0.15, 0.2) is 97.2 Å². The fourth-order valence-corrected chi connectivity index (χ4v) is 7.84. The summed E-state index contributed by atoms with van der Waals surface area (Å²) < 4.78 is 17.4. The lowest BCUT2D eigenvalue weighted by atomic mass is 10.1. The zero-order chi connectivity index (χ0) is 49.2. The van der Waals surface area contributed by atoms with Gasteiger partial charge in [-0.3, -0.25) is 9.59 Å². The molecule has 0 aromatic carbocycles. The van der Waals surface area contributed by atoms with E-state index in [-0.39, 0.29) is 25.2 Å². The SMILES string of the molecule is CC/C=C\C/C=C\C/C=C\C/C=C\C/C=C\CCOCC(COC(=O)CCCCCCCCCCC/C=C\C/C=C\CCCCC)OC(=O)CCCCCCCCC/C=C\CCCCCCCC. The molecule has 0 aromatic heterocycles. The second-order valence-electron chi connectivity index (χ2n) is 18.8. The quantitative estimate of drug-likeness (QED) is 0.0345. The van der Waals surface area contributed by atoms with Crippen molar-refractivity contribution in [3.8, 4) is 0 Å². The number of rotatable bonds is 52. The maximum absolute atomic E-state index is 12.9. The number of allylic oxidation sites excluding steroid dienone is 15. The molecule has 5 nitrogen and oxygen atoms in total. The lowest BCUT2D eigenvalue weighted by Gasteiger charge is -2.18. The molecule has 1 atom stereocenters. The van der Waals surface area contributed by atoms with Crippen LogP contribution in [0.25, 0.3) is 0 Å². The van der Waals surface area contributed by atoms with Gasteiger partial charge in [0.2, 0.25) is 0 Å². The van der Waals surface area contributed by atoms with Crippen molar-refractivity contribution in [2.24, 2.45) is 0 Å². The summed E-state index contributed by atoms with van der Waals surface area (Å²) in [7, 11) is 0. The van der Waals surface area contributed by atoms with E-state index in [1.165, 1.54) is 148 Å². The topological polar surface area (TPSA) is 61.8 Å². The zero-order valence-electron chi connectivity index (χ0n) is 44.8. The molecule has 68 heavy (non-hydrogen) atoms. The van der Waals surface area contributed by atoms with Crippen molar-refractivity contribution in [3.05, 3.63) is 97.2 Å². The summed E-state index contributed by atoms with van der Waals surface area (Å²) in [6, 6.07) is 0. The highest BCUT2D eigenvalue weighted by Gasteiger charge is 2.17. The van der Waals surface area contributed by atoms with Crippen LogP contribution in [0.1, 0.15) is 265 Å². The normalized spacial score (nSPS) is 12.9. The van der Waals surface area contributed by atoms with Gasteiger partial charge >= 0.3 is 11.9 Å². The Labute approximate surface area is 422 Å². The maximum atomic E-state index is 12.9. The van der Waals surface area contributed by atoms with Crippen molar-refractivity contribution in [2.75, 3.05) is 19.8 Å². The standard InChI is InChI=1S/C63H108O5/c1-4-7-10-13-16-19-22-25-28-31-32-34-35-38-41-44-47-50-53-56-62(64)67-60-61(59-66-58-55-52-49-46-43-40-37-30-27-24-21-18-15-12-9-6-3)68-63(65)57-54-51-48-45-42-39-36-33-29-26-23-20-17-14-11-8-5-2/h9,12,16,18-19,21,25-30,40,43,49,52,61H,4-8,10-11,13-15,17,20,22-24,31-39,41-42,44-48,50-51,53-60H2,1-3H3/b12-9-,19-16-,21-18-,28-25-,29-26-,30-27-,43-40-,52-49-. The van der Waals surface area contributed by atoms with Gasteiger partial charge in [0.15, 0.2) is 6.10 Å². The smallest absolute Gasteiger partial charge is 0.306 e. The van der Waals surface area contributed by atoms with Gasteiger partial charge in [-0.25, -0.2) is 0 Å². The molecule has 0 heterocycles. The number of esters is 2. The highest BCUT2D eigenvalue weighted by molar-refractivity contribution is 5.70. The summed E-state index contributed by atoms with van der Waals surface area (Å²) in [5, 5.41) is 0. The number of hydrogen-bond donors (Lipinski definition) is 0. The Morgan fingerprint density at radius 1 is 0.338 bits per heavy atom. The molecule has 0 rings (SSSR count). The summed E-state index contributed by atoms with van der Waals surface area (Å²) in [4.78, 5) is 25.5. The van der Waals surface area contributed by atoms with Crippen LogP contribution in [0, 0.1) is 0 Å². The lowest BCUT2D eigenvalue weighted by molar-refractivity contribution is -0.162. The van der Waals surface area contributed by atoms with Crippen molar-refractivity contribution < 1.29 is 23.8 Å². The molecule has 0 fully saturated rings. The molecule has 1 unspecified atom stereocenters. The van der Waals surface area contributed by atoms with Crippen LogP contribution < -0.4 is 0 Å². The van der Waals surface area contributed by atoms with Crippen molar-refractivity contribution in [3.63, 3.8) is 0 Å². The Kier molecular flexibility index (Phi) is 55.4. The number of hydrogen-bond acceptors (Lipinski definition) is 5. The molecule has 0 radical (unpaired) electrons. The molecule has 0 aliphatic heterocycles. The van der Waals surface area contributed by atoms with E-state index >= 15 is 0 Å². The van der Waals surface area contributed by atoms with Gasteiger partial charge in [-0.1, -0.05) is 240 Å². The van der Waals surface area contributed by atoms with Crippen LogP contribution in [-0.4, -0.2) is 37.9 Å². The van der Waals surface area contributed by atoms with Gasteiger partial charge in [0, 0.05) is 12.8 Å². The van der Waals surface area contributed by atoms with E-state index in [2.05, 4.69) is 118 Å². The fraction of sp³-hybridized carbons (Fsp3) is 0.714. The van der Waals surface area contributed by atoms with Crippen LogP contribution in [0.3, 0.4) is 0 Å². The minimum absolute atomic E-state index is 0.0481. The van der Waals surface area contributed by atoms with Crippen LogP contribution >= 0.6 is 0 Å². The highest BCUT2D eigenvalue weighted by Crippen LogP contribution is 2.15. The van der Waals surface area contributed by atoms with Gasteiger partial charge in [0.05, 0.1) is 13.2 Å².